The van der Waals surface area contributed by atoms with E-state index in [1.54, 1.807) is 36.4 Å². The van der Waals surface area contributed by atoms with Gasteiger partial charge in [0, 0.05) is 42.8 Å². The highest BCUT2D eigenvalue weighted by atomic mass is 35.5. The van der Waals surface area contributed by atoms with Crippen LogP contribution in [0.4, 0.5) is 0 Å². The maximum absolute atomic E-state index is 12.1. The Morgan fingerprint density at radius 1 is 1.07 bits per heavy atom. The summed E-state index contributed by atoms with van der Waals surface area (Å²) in [7, 11) is 0. The first kappa shape index (κ1) is 23.1. The molecule has 0 radical (unpaired) electrons. The molecule has 1 fully saturated rings. The van der Waals surface area contributed by atoms with Gasteiger partial charge in [0.15, 0.2) is 0 Å². The van der Waals surface area contributed by atoms with E-state index in [0.29, 0.717) is 27.2 Å². The molecule has 1 aliphatic rings. The van der Waals surface area contributed by atoms with Crippen LogP contribution >= 0.6 is 47.2 Å². The fraction of sp³-hybridized carbons (Fsp3) is 0.350. The van der Waals surface area contributed by atoms with Crippen LogP contribution < -0.4 is 10.1 Å². The number of hydrogen-bond acceptors (Lipinski definition) is 3. The number of halogens is 4. The molecule has 1 aliphatic heterocycles. The van der Waals surface area contributed by atoms with Gasteiger partial charge in [0.25, 0.3) is 5.91 Å². The van der Waals surface area contributed by atoms with Gasteiger partial charge in [-0.1, -0.05) is 40.9 Å². The highest BCUT2D eigenvalue weighted by molar-refractivity contribution is 6.42. The van der Waals surface area contributed by atoms with Crippen molar-refractivity contribution in [2.24, 2.45) is 0 Å². The third-order valence-corrected chi connectivity index (χ3v) is 5.50. The molecular weight excluding hydrogens is 442 g/mol. The van der Waals surface area contributed by atoms with E-state index in [4.69, 9.17) is 39.5 Å². The van der Waals surface area contributed by atoms with Crippen LogP contribution in [0.15, 0.2) is 42.5 Å². The fourth-order valence-electron chi connectivity index (χ4n) is 3.05. The van der Waals surface area contributed by atoms with Gasteiger partial charge >= 0.3 is 0 Å². The summed E-state index contributed by atoms with van der Waals surface area (Å²) in [5.74, 6) is 0.645. The van der Waals surface area contributed by atoms with Crippen molar-refractivity contribution in [3.8, 4) is 5.75 Å². The van der Waals surface area contributed by atoms with Gasteiger partial charge in [-0.2, -0.15) is 0 Å². The molecule has 1 heterocycles. The van der Waals surface area contributed by atoms with Crippen LogP contribution in [-0.2, 0) is 0 Å². The van der Waals surface area contributed by atoms with Crippen molar-refractivity contribution in [2.75, 3.05) is 26.2 Å². The van der Waals surface area contributed by atoms with Crippen LogP contribution in [0.5, 0.6) is 5.75 Å². The molecule has 152 valence electrons. The molecule has 8 heteroatoms. The number of carbonyl (C=O) groups is 1. The molecule has 0 spiro atoms. The Morgan fingerprint density at radius 2 is 1.82 bits per heavy atom. The normalized spacial score (nSPS) is 15.0. The zero-order valence-electron chi connectivity index (χ0n) is 15.2. The minimum Gasteiger partial charge on any atom is -0.490 e. The molecule has 0 atom stereocenters. The van der Waals surface area contributed by atoms with E-state index in [-0.39, 0.29) is 24.4 Å². The number of hydrogen-bond donors (Lipinski definition) is 1. The van der Waals surface area contributed by atoms with Gasteiger partial charge in [-0.25, -0.2) is 0 Å². The van der Waals surface area contributed by atoms with Crippen molar-refractivity contribution in [2.45, 2.75) is 18.9 Å². The van der Waals surface area contributed by atoms with Gasteiger partial charge in [0.1, 0.15) is 11.9 Å². The molecule has 1 saturated heterocycles. The largest absolute Gasteiger partial charge is 0.490 e. The van der Waals surface area contributed by atoms with Gasteiger partial charge in [0.2, 0.25) is 0 Å². The maximum Gasteiger partial charge on any atom is 0.251 e. The summed E-state index contributed by atoms with van der Waals surface area (Å²) in [5.41, 5.74) is 0.580. The van der Waals surface area contributed by atoms with Crippen molar-refractivity contribution in [1.29, 1.82) is 0 Å². The number of likely N-dealkylation sites (tertiary alicyclic amines) is 1. The first-order chi connectivity index (χ1) is 13.0. The zero-order valence-corrected chi connectivity index (χ0v) is 18.3. The molecule has 28 heavy (non-hydrogen) atoms. The van der Waals surface area contributed by atoms with E-state index in [1.807, 2.05) is 6.07 Å². The SMILES string of the molecule is Cl.O=C(NCCN1CCC(Oc2ccc(Cl)c(Cl)c2)CC1)c1cccc(Cl)c1. The van der Waals surface area contributed by atoms with Crippen LogP contribution in [0.1, 0.15) is 23.2 Å². The molecule has 0 aliphatic carbocycles. The summed E-state index contributed by atoms with van der Waals surface area (Å²) in [6, 6.07) is 12.3. The molecule has 0 saturated carbocycles. The summed E-state index contributed by atoms with van der Waals surface area (Å²) in [6.45, 7) is 3.27. The average Bonchev–Trinajstić information content (AvgIpc) is 2.66. The molecule has 0 aromatic heterocycles. The number of ether oxygens (including phenoxy) is 1. The first-order valence-electron chi connectivity index (χ1n) is 8.89. The first-order valence-corrected chi connectivity index (χ1v) is 10.0. The van der Waals surface area contributed by atoms with Crippen molar-refractivity contribution in [3.05, 3.63) is 63.1 Å². The van der Waals surface area contributed by atoms with E-state index in [2.05, 4.69) is 10.2 Å². The minimum atomic E-state index is -0.102. The number of benzene rings is 2. The smallest absolute Gasteiger partial charge is 0.251 e. The van der Waals surface area contributed by atoms with Crippen LogP contribution in [0.25, 0.3) is 0 Å². The quantitative estimate of drug-likeness (QED) is 0.628. The Morgan fingerprint density at radius 3 is 2.50 bits per heavy atom. The van der Waals surface area contributed by atoms with Gasteiger partial charge in [0.05, 0.1) is 10.0 Å². The molecule has 2 aromatic rings. The zero-order chi connectivity index (χ0) is 19.2. The monoisotopic (exact) mass is 462 g/mol. The van der Waals surface area contributed by atoms with Crippen molar-refractivity contribution >= 4 is 53.1 Å². The summed E-state index contributed by atoms with van der Waals surface area (Å²) in [5, 5.41) is 4.53. The molecule has 3 rings (SSSR count). The number of carbonyl (C=O) groups excluding carboxylic acids is 1. The minimum absolute atomic E-state index is 0. The standard InChI is InChI=1S/C20H21Cl3N2O2.ClH/c21-15-3-1-2-14(12-15)20(26)24-8-11-25-9-6-16(7-10-25)27-17-4-5-18(22)19(23)13-17;/h1-5,12-13,16H,6-11H2,(H,24,26);1H. The van der Waals surface area contributed by atoms with Gasteiger partial charge in [-0.05, 0) is 43.2 Å². The Balaban J connectivity index is 0.00000280. The predicted molar refractivity (Wildman–Crippen MR) is 118 cm³/mol. The van der Waals surface area contributed by atoms with Crippen LogP contribution in [0.3, 0.4) is 0 Å². The molecule has 4 nitrogen and oxygen atoms in total. The molecule has 0 bridgehead atoms. The van der Waals surface area contributed by atoms with E-state index in [0.717, 1.165) is 38.2 Å². The van der Waals surface area contributed by atoms with Crippen molar-refractivity contribution in [3.63, 3.8) is 0 Å². The Labute approximate surface area is 186 Å². The molecule has 1 N–H and O–H groups in total. The van der Waals surface area contributed by atoms with Gasteiger partial charge < -0.3 is 15.0 Å². The highest BCUT2D eigenvalue weighted by Gasteiger charge is 2.20. The lowest BCUT2D eigenvalue weighted by Gasteiger charge is -2.32. The Kier molecular flexibility index (Phi) is 9.19. The number of rotatable bonds is 6. The maximum atomic E-state index is 12.1. The molecule has 2 aromatic carbocycles. The summed E-state index contributed by atoms with van der Waals surface area (Å²) in [6.07, 6.45) is 2.03. The van der Waals surface area contributed by atoms with Crippen molar-refractivity contribution in [1.82, 2.24) is 10.2 Å². The topological polar surface area (TPSA) is 41.6 Å². The third-order valence-electron chi connectivity index (χ3n) is 4.53. The third kappa shape index (κ3) is 6.71. The number of nitrogens with one attached hydrogen (secondary N) is 1. The lowest BCUT2D eigenvalue weighted by Crippen LogP contribution is -2.42. The fourth-order valence-corrected chi connectivity index (χ4v) is 3.53. The van der Waals surface area contributed by atoms with Crippen LogP contribution in [0, 0.1) is 0 Å². The Hall–Kier alpha value is -1.17. The number of piperidine rings is 1. The summed E-state index contributed by atoms with van der Waals surface area (Å²) >= 11 is 17.9. The molecular formula is C20H22Cl4N2O2. The van der Waals surface area contributed by atoms with E-state index < -0.39 is 0 Å². The second kappa shape index (κ2) is 11.1. The molecule has 0 unspecified atom stereocenters. The Bertz CT molecular complexity index is 796. The van der Waals surface area contributed by atoms with Gasteiger partial charge in [-0.3, -0.25) is 4.79 Å². The van der Waals surface area contributed by atoms with Crippen LogP contribution in [-0.4, -0.2) is 43.1 Å². The highest BCUT2D eigenvalue weighted by Crippen LogP contribution is 2.28. The van der Waals surface area contributed by atoms with Gasteiger partial charge in [-0.15, -0.1) is 12.4 Å². The predicted octanol–water partition coefficient (Wildman–Crippen LogP) is 5.34. The van der Waals surface area contributed by atoms with E-state index in [9.17, 15) is 4.79 Å². The number of amides is 1. The van der Waals surface area contributed by atoms with Crippen molar-refractivity contribution < 1.29 is 9.53 Å². The number of nitrogens with zero attached hydrogens (tertiary/aromatic N) is 1. The van der Waals surface area contributed by atoms with E-state index >= 15 is 0 Å². The van der Waals surface area contributed by atoms with Crippen LogP contribution in [0.2, 0.25) is 15.1 Å². The summed E-state index contributed by atoms with van der Waals surface area (Å²) in [4.78, 5) is 14.4. The molecule has 1 amide bonds. The van der Waals surface area contributed by atoms with E-state index in [1.165, 1.54) is 0 Å². The average molecular weight is 464 g/mol. The lowest BCUT2D eigenvalue weighted by atomic mass is 10.1. The summed E-state index contributed by atoms with van der Waals surface area (Å²) < 4.78 is 6.00. The second-order valence-corrected chi connectivity index (χ2v) is 7.75. The lowest BCUT2D eigenvalue weighted by molar-refractivity contribution is 0.0905. The second-order valence-electron chi connectivity index (χ2n) is 6.50.